The van der Waals surface area contributed by atoms with Crippen molar-refractivity contribution in [3.05, 3.63) is 30.7 Å². The van der Waals surface area contributed by atoms with Crippen LogP contribution in [0.15, 0.2) is 23.3 Å². The first-order valence-electron chi connectivity index (χ1n) is 11.6. The third-order valence-electron chi connectivity index (χ3n) is 7.66. The Morgan fingerprint density at radius 2 is 1.29 bits per heavy atom. The Hall–Kier alpha value is 0.812. The second kappa shape index (κ2) is 12.0. The van der Waals surface area contributed by atoms with Crippen molar-refractivity contribution >= 4 is 8.24 Å². The maximum absolute atomic E-state index is 6.86. The molecule has 3 aliphatic rings. The van der Waals surface area contributed by atoms with E-state index in [1.165, 1.54) is 19.3 Å². The van der Waals surface area contributed by atoms with Crippen LogP contribution in [-0.2, 0) is 0 Å². The second-order valence-electron chi connectivity index (χ2n) is 12.0. The largest absolute Gasteiger partial charge is 1.00 e. The molecule has 5 atom stereocenters. The van der Waals surface area contributed by atoms with E-state index in [9.17, 15) is 0 Å². The van der Waals surface area contributed by atoms with E-state index in [4.69, 9.17) is 5.40 Å². The van der Waals surface area contributed by atoms with Gasteiger partial charge in [0.25, 0.3) is 0 Å². The van der Waals surface area contributed by atoms with Crippen LogP contribution < -0.4 is 43.1 Å². The summed E-state index contributed by atoms with van der Waals surface area (Å²) in [4.78, 5) is 2.47. The molecule has 0 amide bonds. The number of fused-ring (bicyclic) bond motifs is 2. The number of nitrogens with two attached hydrogens (primary N) is 1. The topological polar surface area (TPSA) is 29.3 Å². The molecule has 0 aromatic carbocycles. The van der Waals surface area contributed by atoms with Crippen LogP contribution in [0.4, 0.5) is 0 Å². The fourth-order valence-electron chi connectivity index (χ4n) is 6.43. The summed E-state index contributed by atoms with van der Waals surface area (Å²) in [6.07, 6.45) is 9.24. The molecule has 31 heavy (non-hydrogen) atoms. The van der Waals surface area contributed by atoms with E-state index in [1.54, 1.807) is 11.1 Å². The summed E-state index contributed by atoms with van der Waals surface area (Å²) in [6.45, 7) is 21.3. The van der Waals surface area contributed by atoms with Crippen molar-refractivity contribution in [3.8, 4) is 0 Å². The van der Waals surface area contributed by atoms with Gasteiger partial charge < -0.3 is 17.7 Å². The van der Waals surface area contributed by atoms with Crippen molar-refractivity contribution < 1.29 is 37.7 Å². The zero-order chi connectivity index (χ0) is 21.7. The molecule has 0 aliphatic heterocycles. The van der Waals surface area contributed by atoms with E-state index in [0.29, 0.717) is 40.2 Å². The number of rotatable bonds is 2. The predicted octanol–water partition coefficient (Wildman–Crippen LogP) is 0.920. The van der Waals surface area contributed by atoms with Gasteiger partial charge in [-0.05, 0) is 72.2 Å². The first kappa shape index (κ1) is 34.0. The van der Waals surface area contributed by atoms with E-state index < -0.39 is 8.24 Å². The quantitative estimate of drug-likeness (QED) is 0.518. The summed E-state index contributed by atoms with van der Waals surface area (Å²) in [6, 6.07) is 0.608. The molecular weight excluding hydrogens is 382 g/mol. The zero-order valence-corrected chi connectivity index (χ0v) is 24.7. The monoisotopic (exact) mass is 433 g/mol. The Labute approximate surface area is 221 Å². The smallest absolute Gasteiger partial charge is 0.358 e. The first-order valence-corrected chi connectivity index (χ1v) is 14.7. The molecule has 2 saturated carbocycles. The van der Waals surface area contributed by atoms with Crippen molar-refractivity contribution in [1.29, 1.82) is 0 Å². The molecule has 170 valence electrons. The molecule has 2 N–H and O–H groups in total. The van der Waals surface area contributed by atoms with Crippen molar-refractivity contribution in [2.24, 2.45) is 34.0 Å². The molecule has 3 aliphatic carbocycles. The maximum Gasteiger partial charge on any atom is 1.00 e. The van der Waals surface area contributed by atoms with Crippen molar-refractivity contribution in [2.75, 3.05) is 14.1 Å². The summed E-state index contributed by atoms with van der Waals surface area (Å²) < 4.78 is 0. The van der Waals surface area contributed by atoms with Gasteiger partial charge >= 0.3 is 37.7 Å². The molecule has 3 rings (SSSR count). The summed E-state index contributed by atoms with van der Waals surface area (Å²) in [5, 5.41) is 6.86. The average molecular weight is 434 g/mol. The molecular formula is C26H51Li2N2Si+. The minimum atomic E-state index is -1.72. The van der Waals surface area contributed by atoms with Gasteiger partial charge in [-0.1, -0.05) is 80.1 Å². The summed E-state index contributed by atoms with van der Waals surface area (Å²) in [5.74, 6) is 1.91. The third-order valence-corrected chi connectivity index (χ3v) is 10.3. The van der Waals surface area contributed by atoms with E-state index in [1.807, 2.05) is 0 Å². The van der Waals surface area contributed by atoms with Gasteiger partial charge in [-0.3, -0.25) is 0 Å². The number of hydrogen-bond donors (Lipinski definition) is 1. The maximum atomic E-state index is 6.86. The van der Waals surface area contributed by atoms with E-state index in [2.05, 4.69) is 92.7 Å². The number of nitrogens with zero attached hydrogens (tertiary/aromatic N) is 1. The van der Waals surface area contributed by atoms with Crippen molar-refractivity contribution in [2.45, 2.75) is 92.4 Å². The van der Waals surface area contributed by atoms with E-state index in [0.717, 1.165) is 0 Å². The Balaban J connectivity index is 0. The van der Waals surface area contributed by atoms with Crippen LogP contribution in [0.1, 0.15) is 67.7 Å². The van der Waals surface area contributed by atoms with Crippen LogP contribution in [0.2, 0.25) is 18.6 Å². The van der Waals surface area contributed by atoms with Gasteiger partial charge in [-0.15, -0.1) is 0 Å². The summed E-state index contributed by atoms with van der Waals surface area (Å²) >= 11 is 0. The van der Waals surface area contributed by atoms with Gasteiger partial charge in [0.15, 0.2) is 0 Å². The zero-order valence-electron chi connectivity index (χ0n) is 23.7. The van der Waals surface area contributed by atoms with Gasteiger partial charge in [0.2, 0.25) is 0 Å². The second-order valence-corrected chi connectivity index (χ2v) is 16.3. The van der Waals surface area contributed by atoms with Crippen LogP contribution in [0, 0.1) is 36.0 Å². The molecule has 0 bridgehead atoms. The summed E-state index contributed by atoms with van der Waals surface area (Å²) in [7, 11) is 2.80. The van der Waals surface area contributed by atoms with E-state index in [-0.39, 0.29) is 45.1 Å². The fourth-order valence-corrected chi connectivity index (χ4v) is 9.30. The molecule has 0 heterocycles. The number of hydrogen-bond acceptors (Lipinski definition) is 2. The standard InChI is InChI=1S/C22H40N2Si.C3H8.CH3.2Li/c1-14-19(24(6)7)15-12-17-18(13-16(15)20(14)25(8,9)23)22(4,5)11-10-21(17,2)3;1-3-2;;;/h12-16,19-20H,10-11,23H2,1-9H3;3H2,1-2H3;1H3;;/q;;-1;2*+1. The van der Waals surface area contributed by atoms with Crippen LogP contribution in [-0.4, -0.2) is 33.3 Å². The van der Waals surface area contributed by atoms with Crippen molar-refractivity contribution in [1.82, 2.24) is 4.90 Å². The molecule has 0 saturated heterocycles. The molecule has 2 fully saturated rings. The minimum absolute atomic E-state index is 0. The van der Waals surface area contributed by atoms with Crippen LogP contribution in [0.25, 0.3) is 0 Å². The Bertz CT molecular complexity index is 632. The van der Waals surface area contributed by atoms with E-state index >= 15 is 0 Å². The Morgan fingerprint density at radius 1 is 0.935 bits per heavy atom. The molecule has 5 unspecified atom stereocenters. The SMILES string of the molecule is CC1C(N(C)C)C2C=C3C(=CC2C1[Si](C)(C)N)C(C)(C)CCC3(C)C.CCC.[CH3-].[Li+].[Li+]. The molecule has 5 heteroatoms. The normalized spacial score (nSPS) is 32.5. The van der Waals surface area contributed by atoms with Gasteiger partial charge in [0, 0.05) is 6.04 Å². The van der Waals surface area contributed by atoms with Crippen LogP contribution in [0.3, 0.4) is 0 Å². The third kappa shape index (κ3) is 6.69. The van der Waals surface area contributed by atoms with Crippen LogP contribution >= 0.6 is 0 Å². The van der Waals surface area contributed by atoms with Gasteiger partial charge in [0.05, 0.1) is 0 Å². The molecule has 0 spiro atoms. The molecule has 0 aromatic heterocycles. The Morgan fingerprint density at radius 3 is 1.61 bits per heavy atom. The first-order chi connectivity index (χ1) is 12.7. The summed E-state index contributed by atoms with van der Waals surface area (Å²) in [5.41, 5.74) is 4.55. The number of allylic oxidation sites excluding steroid dienone is 3. The molecule has 2 nitrogen and oxygen atoms in total. The molecule has 0 radical (unpaired) electrons. The van der Waals surface area contributed by atoms with Gasteiger partial charge in [-0.2, -0.15) is 0 Å². The fraction of sp³-hybridized carbons (Fsp3) is 0.808. The predicted molar refractivity (Wildman–Crippen MR) is 134 cm³/mol. The average Bonchev–Trinajstić information content (AvgIpc) is 2.82. The van der Waals surface area contributed by atoms with Crippen LogP contribution in [0.5, 0.6) is 0 Å². The van der Waals surface area contributed by atoms with Gasteiger partial charge in [0.1, 0.15) is 8.24 Å². The van der Waals surface area contributed by atoms with Gasteiger partial charge in [-0.25, -0.2) is 0 Å². The Kier molecular flexibility index (Phi) is 13.1. The minimum Gasteiger partial charge on any atom is -0.358 e. The van der Waals surface area contributed by atoms with Crippen molar-refractivity contribution in [3.63, 3.8) is 0 Å². The molecule has 0 aromatic rings.